The van der Waals surface area contributed by atoms with Gasteiger partial charge in [-0.3, -0.25) is 0 Å². The highest BCUT2D eigenvalue weighted by atomic mass is 32.1. The van der Waals surface area contributed by atoms with Gasteiger partial charge in [-0.25, -0.2) is 4.98 Å². The predicted octanol–water partition coefficient (Wildman–Crippen LogP) is 3.64. The van der Waals surface area contributed by atoms with E-state index < -0.39 is 12.8 Å². The lowest BCUT2D eigenvalue weighted by Crippen LogP contribution is -2.25. The van der Waals surface area contributed by atoms with Crippen LogP contribution in [0.3, 0.4) is 0 Å². The van der Waals surface area contributed by atoms with Gasteiger partial charge in [-0.1, -0.05) is 6.92 Å². The van der Waals surface area contributed by atoms with E-state index in [2.05, 4.69) is 22.0 Å². The van der Waals surface area contributed by atoms with Gasteiger partial charge in [-0.05, 0) is 32.2 Å². The third kappa shape index (κ3) is 5.23. The molecule has 0 spiro atoms. The van der Waals surface area contributed by atoms with E-state index in [1.165, 1.54) is 4.88 Å². The van der Waals surface area contributed by atoms with Crippen LogP contribution in [0.25, 0.3) is 0 Å². The summed E-state index contributed by atoms with van der Waals surface area (Å²) in [4.78, 5) is 5.89. The summed E-state index contributed by atoms with van der Waals surface area (Å²) in [7, 11) is 0. The van der Waals surface area contributed by atoms with Gasteiger partial charge in [0, 0.05) is 11.3 Å². The van der Waals surface area contributed by atoms with Gasteiger partial charge in [0.2, 0.25) is 0 Å². The third-order valence-corrected chi connectivity index (χ3v) is 4.56. The maximum atomic E-state index is 12.0. The molecule has 2 rings (SSSR count). The van der Waals surface area contributed by atoms with Gasteiger partial charge >= 0.3 is 6.18 Å². The molecular weight excluding hydrogens is 301 g/mol. The maximum absolute atomic E-state index is 12.0. The van der Waals surface area contributed by atoms with Gasteiger partial charge in [0.15, 0.2) is 0 Å². The molecule has 0 amide bonds. The standard InChI is InChI=1S/C14H21F3N2OS/c1-2-7-18-10-4-3-5-11-13(10)19-12(21-11)6-8-20-9-14(15,16)17/h10,18H,2-9H2,1H3. The first-order valence-electron chi connectivity index (χ1n) is 7.36. The van der Waals surface area contributed by atoms with Crippen molar-refractivity contribution in [1.82, 2.24) is 10.3 Å². The van der Waals surface area contributed by atoms with Gasteiger partial charge in [-0.2, -0.15) is 13.2 Å². The Balaban J connectivity index is 1.87. The maximum Gasteiger partial charge on any atom is 0.411 e. The Kier molecular flexibility index (Phi) is 6.01. The molecule has 1 aliphatic rings. The van der Waals surface area contributed by atoms with Crippen LogP contribution in [-0.4, -0.2) is 30.9 Å². The summed E-state index contributed by atoms with van der Waals surface area (Å²) in [6, 6.07) is 0.301. The highest BCUT2D eigenvalue weighted by Gasteiger charge is 2.27. The molecule has 1 atom stereocenters. The van der Waals surface area contributed by atoms with Crippen molar-refractivity contribution in [1.29, 1.82) is 0 Å². The predicted molar refractivity (Wildman–Crippen MR) is 76.7 cm³/mol. The Labute approximate surface area is 126 Å². The zero-order valence-electron chi connectivity index (χ0n) is 12.1. The number of nitrogens with zero attached hydrogens (tertiary/aromatic N) is 1. The van der Waals surface area contributed by atoms with E-state index in [4.69, 9.17) is 0 Å². The van der Waals surface area contributed by atoms with Crippen LogP contribution in [0.15, 0.2) is 0 Å². The number of aryl methyl sites for hydroxylation is 1. The van der Waals surface area contributed by atoms with E-state index in [1.807, 2.05) is 0 Å². The Morgan fingerprint density at radius 2 is 2.24 bits per heavy atom. The second-order valence-electron chi connectivity index (χ2n) is 5.23. The van der Waals surface area contributed by atoms with Crippen LogP contribution in [0, 0.1) is 0 Å². The normalized spacial score (nSPS) is 18.8. The van der Waals surface area contributed by atoms with Gasteiger partial charge in [-0.15, -0.1) is 11.3 Å². The van der Waals surface area contributed by atoms with Crippen LogP contribution in [0.2, 0.25) is 0 Å². The molecule has 3 nitrogen and oxygen atoms in total. The van der Waals surface area contributed by atoms with Crippen molar-refractivity contribution in [3.8, 4) is 0 Å². The molecule has 1 N–H and O–H groups in total. The molecule has 0 aromatic carbocycles. The molecular formula is C14H21F3N2OS. The smallest absolute Gasteiger partial charge is 0.372 e. The number of nitrogens with one attached hydrogen (secondary N) is 1. The fraction of sp³-hybridized carbons (Fsp3) is 0.786. The summed E-state index contributed by atoms with van der Waals surface area (Å²) in [6.45, 7) is 1.98. The van der Waals surface area contributed by atoms with Gasteiger partial charge in [0.25, 0.3) is 0 Å². The molecule has 1 heterocycles. The Morgan fingerprint density at radius 3 is 2.95 bits per heavy atom. The monoisotopic (exact) mass is 322 g/mol. The summed E-state index contributed by atoms with van der Waals surface area (Å²) in [5.74, 6) is 0. The third-order valence-electron chi connectivity index (χ3n) is 3.37. The van der Waals surface area contributed by atoms with Crippen molar-refractivity contribution in [3.63, 3.8) is 0 Å². The summed E-state index contributed by atoms with van der Waals surface area (Å²) in [6.07, 6.45) is 0.529. The van der Waals surface area contributed by atoms with Gasteiger partial charge in [0.1, 0.15) is 6.61 Å². The van der Waals surface area contributed by atoms with Crippen LogP contribution in [0.4, 0.5) is 13.2 Å². The van der Waals surface area contributed by atoms with Gasteiger partial charge < -0.3 is 10.1 Å². The van der Waals surface area contributed by atoms with E-state index >= 15 is 0 Å². The molecule has 0 fully saturated rings. The Bertz CT molecular complexity index is 448. The van der Waals surface area contributed by atoms with Crippen LogP contribution >= 0.6 is 11.3 Å². The fourth-order valence-corrected chi connectivity index (χ4v) is 3.59. The Morgan fingerprint density at radius 1 is 1.43 bits per heavy atom. The van der Waals surface area contributed by atoms with E-state index in [9.17, 15) is 13.2 Å². The molecule has 0 saturated heterocycles. The van der Waals surface area contributed by atoms with Crippen molar-refractivity contribution in [3.05, 3.63) is 15.6 Å². The lowest BCUT2D eigenvalue weighted by atomic mass is 9.97. The molecule has 0 bridgehead atoms. The number of aromatic nitrogens is 1. The second-order valence-corrected chi connectivity index (χ2v) is 6.40. The van der Waals surface area contributed by atoms with Crippen molar-refractivity contribution in [2.45, 2.75) is 51.2 Å². The first-order chi connectivity index (χ1) is 9.99. The highest BCUT2D eigenvalue weighted by Crippen LogP contribution is 2.33. The van der Waals surface area contributed by atoms with Crippen molar-refractivity contribution < 1.29 is 17.9 Å². The van der Waals surface area contributed by atoms with E-state index in [-0.39, 0.29) is 6.61 Å². The molecule has 1 aromatic rings. The van der Waals surface area contributed by atoms with Gasteiger partial charge in [0.05, 0.1) is 23.4 Å². The molecule has 0 radical (unpaired) electrons. The van der Waals surface area contributed by atoms with E-state index in [0.29, 0.717) is 12.5 Å². The topological polar surface area (TPSA) is 34.1 Å². The zero-order chi connectivity index (χ0) is 15.3. The second kappa shape index (κ2) is 7.56. The number of hydrogen-bond acceptors (Lipinski definition) is 4. The molecule has 7 heteroatoms. The quantitative estimate of drug-likeness (QED) is 0.778. The minimum Gasteiger partial charge on any atom is -0.372 e. The summed E-state index contributed by atoms with van der Waals surface area (Å²) in [5.41, 5.74) is 1.10. The highest BCUT2D eigenvalue weighted by molar-refractivity contribution is 7.11. The summed E-state index contributed by atoms with van der Waals surface area (Å²) >= 11 is 1.62. The van der Waals surface area contributed by atoms with Crippen LogP contribution in [0.5, 0.6) is 0 Å². The van der Waals surface area contributed by atoms with Crippen LogP contribution < -0.4 is 5.32 Å². The summed E-state index contributed by atoms with van der Waals surface area (Å²) < 4.78 is 40.6. The number of rotatable bonds is 7. The average Bonchev–Trinajstić information content (AvgIpc) is 2.83. The molecule has 120 valence electrons. The lowest BCUT2D eigenvalue weighted by molar-refractivity contribution is -0.173. The SMILES string of the molecule is CCCNC1CCCc2sc(CCOCC(F)(F)F)nc21. The largest absolute Gasteiger partial charge is 0.411 e. The number of ether oxygens (including phenoxy) is 1. The molecule has 21 heavy (non-hydrogen) atoms. The van der Waals surface area contributed by atoms with Crippen molar-refractivity contribution in [2.24, 2.45) is 0 Å². The average molecular weight is 322 g/mol. The van der Waals surface area contributed by atoms with Crippen LogP contribution in [-0.2, 0) is 17.6 Å². The zero-order valence-corrected chi connectivity index (χ0v) is 12.9. The first kappa shape index (κ1) is 16.7. The minimum absolute atomic E-state index is 0.0684. The minimum atomic E-state index is -4.25. The lowest BCUT2D eigenvalue weighted by Gasteiger charge is -2.22. The number of alkyl halides is 3. The van der Waals surface area contributed by atoms with Crippen molar-refractivity contribution in [2.75, 3.05) is 19.8 Å². The molecule has 1 aliphatic carbocycles. The summed E-state index contributed by atoms with van der Waals surface area (Å²) in [5, 5.41) is 4.37. The molecule has 0 saturated carbocycles. The molecule has 1 aromatic heterocycles. The van der Waals surface area contributed by atoms with E-state index in [0.717, 1.165) is 42.9 Å². The van der Waals surface area contributed by atoms with E-state index in [1.54, 1.807) is 11.3 Å². The van der Waals surface area contributed by atoms with Crippen LogP contribution in [0.1, 0.15) is 47.8 Å². The molecule has 1 unspecified atom stereocenters. The fourth-order valence-electron chi connectivity index (χ4n) is 2.44. The number of thiazole rings is 1. The number of halogens is 3. The molecule has 0 aliphatic heterocycles. The first-order valence-corrected chi connectivity index (χ1v) is 8.17. The number of fused-ring (bicyclic) bond motifs is 1. The van der Waals surface area contributed by atoms with Crippen molar-refractivity contribution >= 4 is 11.3 Å². The Hall–Kier alpha value is -0.660. The number of hydrogen-bond donors (Lipinski definition) is 1.